The number of aliphatic hydroxyl groups is 1. The van der Waals surface area contributed by atoms with Gasteiger partial charge in [0.1, 0.15) is 30.5 Å². The molecule has 2 amide bonds. The minimum absolute atomic E-state index is 0.0778. The molecule has 10 heteroatoms. The Morgan fingerprint density at radius 1 is 0.979 bits per heavy atom. The first-order valence-electron chi connectivity index (χ1n) is 16.3. The monoisotopic (exact) mass is 640 g/mol. The highest BCUT2D eigenvalue weighted by Crippen LogP contribution is 2.50. The Kier molecular flexibility index (Phi) is 10.3. The number of unbranched alkanes of at least 4 members (excludes halogenated alkanes) is 2. The van der Waals surface area contributed by atoms with Crippen molar-refractivity contribution in [2.24, 2.45) is 17.8 Å². The van der Waals surface area contributed by atoms with Crippen LogP contribution in [0.15, 0.2) is 82.4 Å². The maximum Gasteiger partial charge on any atom is 0.303 e. The van der Waals surface area contributed by atoms with Gasteiger partial charge in [0.25, 0.3) is 0 Å². The van der Waals surface area contributed by atoms with E-state index in [1.165, 1.54) is 4.90 Å². The maximum absolute atomic E-state index is 13.8. The number of imide groups is 1. The van der Waals surface area contributed by atoms with E-state index in [1.54, 1.807) is 12.3 Å². The molecule has 1 aliphatic carbocycles. The number of rotatable bonds is 15. The third-order valence-corrected chi connectivity index (χ3v) is 9.35. The summed E-state index contributed by atoms with van der Waals surface area (Å²) in [5.41, 5.74) is 3.83. The molecule has 1 aromatic carbocycles. The summed E-state index contributed by atoms with van der Waals surface area (Å²) in [7, 11) is 0. The second-order valence-electron chi connectivity index (χ2n) is 12.3. The van der Waals surface area contributed by atoms with E-state index in [-0.39, 0.29) is 36.9 Å². The number of benzene rings is 1. The molecule has 47 heavy (non-hydrogen) atoms. The van der Waals surface area contributed by atoms with Crippen molar-refractivity contribution in [3.63, 3.8) is 0 Å². The van der Waals surface area contributed by atoms with E-state index in [0.29, 0.717) is 69.8 Å². The van der Waals surface area contributed by atoms with Crippen LogP contribution in [0.1, 0.15) is 62.2 Å². The number of carboxylic acids is 1. The third kappa shape index (κ3) is 7.39. The summed E-state index contributed by atoms with van der Waals surface area (Å²) in [6, 6.07) is 18.9. The van der Waals surface area contributed by atoms with Crippen LogP contribution in [0.3, 0.4) is 0 Å². The lowest BCUT2D eigenvalue weighted by Crippen LogP contribution is -2.35. The number of allylic oxidation sites excluding steroid dienone is 1. The number of carbonyl (C=O) groups excluding carboxylic acids is 2. The summed E-state index contributed by atoms with van der Waals surface area (Å²) in [6.07, 6.45) is 6.90. The molecule has 0 unspecified atom stereocenters. The number of aliphatic hydroxyl groups excluding tert-OH is 1. The molecule has 3 aromatic rings. The predicted molar refractivity (Wildman–Crippen MR) is 173 cm³/mol. The van der Waals surface area contributed by atoms with Gasteiger partial charge in [0.2, 0.25) is 11.8 Å². The highest BCUT2D eigenvalue weighted by molar-refractivity contribution is 6.06. The quantitative estimate of drug-likeness (QED) is 0.125. The summed E-state index contributed by atoms with van der Waals surface area (Å²) >= 11 is 0. The fourth-order valence-corrected chi connectivity index (χ4v) is 7.14. The van der Waals surface area contributed by atoms with Gasteiger partial charge in [-0.05, 0) is 91.3 Å². The molecule has 4 heterocycles. The smallest absolute Gasteiger partial charge is 0.303 e. The van der Waals surface area contributed by atoms with Gasteiger partial charge < -0.3 is 24.1 Å². The van der Waals surface area contributed by atoms with Crippen molar-refractivity contribution >= 4 is 29.4 Å². The van der Waals surface area contributed by atoms with E-state index < -0.39 is 17.8 Å². The van der Waals surface area contributed by atoms with E-state index in [2.05, 4.69) is 4.98 Å². The Labute approximate surface area is 273 Å². The molecule has 0 spiro atoms. The molecule has 2 fully saturated rings. The van der Waals surface area contributed by atoms with E-state index in [4.69, 9.17) is 19.0 Å². The SMILES string of the molecule is O=C(O)CCCCCN1C(=O)[C@@H]2[C@@H](CC(COc3ccccc3)=C3[C@@H](CC/C(=C/c4ccc(CO)o4)c4ccccn4)OC[C@@H]32)C1=O. The molecule has 0 saturated carbocycles. The molecule has 2 aliphatic heterocycles. The number of amides is 2. The number of fused-ring (bicyclic) bond motifs is 3. The zero-order valence-corrected chi connectivity index (χ0v) is 26.3. The standard InChI is InChI=1S/C37H40N2O8/c40-21-28-15-14-27(47-28)19-24(31-11-6-7-17-38-31)13-16-32-34-25(22-45-26-9-3-1-4-10-26)20-29-35(30(34)23-46-32)37(44)39(36(29)43)18-8-2-5-12-33(41)42/h1,3-4,6-7,9-11,14-15,17,19,29-30,32,35,40H,2,5,8,12-13,16,18,20-23H2,(H,41,42)/b24-19-/t29-,30+,32-,35-/m1/s1. The van der Waals surface area contributed by atoms with Crippen molar-refractivity contribution in [2.45, 2.75) is 57.7 Å². The minimum atomic E-state index is -0.844. The van der Waals surface area contributed by atoms with E-state index in [0.717, 1.165) is 28.2 Å². The molecule has 3 aliphatic rings. The van der Waals surface area contributed by atoms with Crippen LogP contribution in [-0.2, 0) is 25.7 Å². The number of hydrogen-bond acceptors (Lipinski definition) is 8. The molecular weight excluding hydrogens is 600 g/mol. The lowest BCUT2D eigenvalue weighted by molar-refractivity contribution is -0.141. The van der Waals surface area contributed by atoms with E-state index >= 15 is 0 Å². The number of carbonyl (C=O) groups is 3. The van der Waals surface area contributed by atoms with Crippen molar-refractivity contribution in [3.8, 4) is 5.75 Å². The Balaban J connectivity index is 1.23. The van der Waals surface area contributed by atoms with Crippen molar-refractivity contribution in [3.05, 3.63) is 95.2 Å². The van der Waals surface area contributed by atoms with Crippen LogP contribution in [0.4, 0.5) is 0 Å². The number of hydrogen-bond donors (Lipinski definition) is 2. The molecule has 4 atom stereocenters. The molecule has 0 radical (unpaired) electrons. The largest absolute Gasteiger partial charge is 0.489 e. The first-order valence-corrected chi connectivity index (χ1v) is 16.3. The van der Waals surface area contributed by atoms with E-state index in [1.807, 2.05) is 60.7 Å². The summed E-state index contributed by atoms with van der Waals surface area (Å²) in [6.45, 7) is 0.768. The molecular formula is C37H40N2O8. The van der Waals surface area contributed by atoms with E-state index in [9.17, 15) is 19.5 Å². The van der Waals surface area contributed by atoms with Gasteiger partial charge in [-0.2, -0.15) is 0 Å². The average molecular weight is 641 g/mol. The second kappa shape index (κ2) is 14.9. The summed E-state index contributed by atoms with van der Waals surface area (Å²) < 4.78 is 18.4. The lowest BCUT2D eigenvalue weighted by atomic mass is 9.69. The zero-order valence-electron chi connectivity index (χ0n) is 26.3. The summed E-state index contributed by atoms with van der Waals surface area (Å²) in [4.78, 5) is 44.3. The molecule has 246 valence electrons. The fraction of sp³-hybridized carbons (Fsp3) is 0.405. The number of ether oxygens (including phenoxy) is 2. The third-order valence-electron chi connectivity index (χ3n) is 9.35. The van der Waals surface area contributed by atoms with Crippen LogP contribution in [0.25, 0.3) is 11.6 Å². The first-order chi connectivity index (χ1) is 22.9. The lowest BCUT2D eigenvalue weighted by Gasteiger charge is -2.31. The van der Waals surface area contributed by atoms with Crippen LogP contribution in [0, 0.1) is 17.8 Å². The number of likely N-dealkylation sites (tertiary alicyclic amines) is 1. The highest BCUT2D eigenvalue weighted by Gasteiger charge is 2.56. The van der Waals surface area contributed by atoms with Gasteiger partial charge >= 0.3 is 5.97 Å². The topological polar surface area (TPSA) is 139 Å². The number of nitrogens with zero attached hydrogens (tertiary/aromatic N) is 2. The van der Waals surface area contributed by atoms with Gasteiger partial charge in [0, 0.05) is 25.1 Å². The highest BCUT2D eigenvalue weighted by atomic mass is 16.5. The van der Waals surface area contributed by atoms with Gasteiger partial charge in [-0.25, -0.2) is 0 Å². The molecule has 2 N–H and O–H groups in total. The second-order valence-corrected chi connectivity index (χ2v) is 12.3. The first kappa shape index (κ1) is 32.4. The van der Waals surface area contributed by atoms with Gasteiger partial charge in [0.05, 0.1) is 30.2 Å². The summed E-state index contributed by atoms with van der Waals surface area (Å²) in [5.74, 6) is -0.484. The van der Waals surface area contributed by atoms with Crippen molar-refractivity contribution in [2.75, 3.05) is 19.8 Å². The summed E-state index contributed by atoms with van der Waals surface area (Å²) in [5, 5.41) is 18.4. The number of aliphatic carboxylic acids is 1. The van der Waals surface area contributed by atoms with Crippen molar-refractivity contribution < 1.29 is 38.5 Å². The molecule has 0 bridgehead atoms. The maximum atomic E-state index is 13.8. The van der Waals surface area contributed by atoms with Gasteiger partial charge in [-0.3, -0.25) is 24.3 Å². The number of para-hydroxylation sites is 1. The predicted octanol–water partition coefficient (Wildman–Crippen LogP) is 5.53. The average Bonchev–Trinajstić information content (AvgIpc) is 3.79. The fourth-order valence-electron chi connectivity index (χ4n) is 7.14. The zero-order chi connectivity index (χ0) is 32.8. The number of pyridine rings is 1. The normalized spacial score (nSPS) is 22.5. The Hall–Kier alpha value is -4.54. The molecule has 6 rings (SSSR count). The molecule has 2 aromatic heterocycles. The number of carboxylic acid groups (broad SMARTS) is 1. The van der Waals surface area contributed by atoms with Crippen molar-refractivity contribution in [1.82, 2.24) is 9.88 Å². The van der Waals surface area contributed by atoms with Crippen LogP contribution in [-0.4, -0.2) is 63.7 Å². The Morgan fingerprint density at radius 3 is 2.55 bits per heavy atom. The van der Waals surface area contributed by atoms with Crippen LogP contribution in [0.5, 0.6) is 5.75 Å². The van der Waals surface area contributed by atoms with Crippen LogP contribution >= 0.6 is 0 Å². The Bertz CT molecular complexity index is 1630. The van der Waals surface area contributed by atoms with Crippen molar-refractivity contribution in [1.29, 1.82) is 0 Å². The van der Waals surface area contributed by atoms with Gasteiger partial charge in [-0.15, -0.1) is 0 Å². The molecule has 2 saturated heterocycles. The molecule has 10 nitrogen and oxygen atoms in total. The number of furan rings is 1. The van der Waals surface area contributed by atoms with Gasteiger partial charge in [0.15, 0.2) is 0 Å². The van der Waals surface area contributed by atoms with Crippen LogP contribution in [0.2, 0.25) is 0 Å². The van der Waals surface area contributed by atoms with Crippen LogP contribution < -0.4 is 4.74 Å². The van der Waals surface area contributed by atoms with Gasteiger partial charge in [-0.1, -0.05) is 30.7 Å². The number of aromatic nitrogens is 1. The Morgan fingerprint density at radius 2 is 1.81 bits per heavy atom. The minimum Gasteiger partial charge on any atom is -0.489 e.